The Bertz CT molecular complexity index is 1050. The van der Waals surface area contributed by atoms with Crippen molar-refractivity contribution in [1.29, 1.82) is 0 Å². The second-order valence-electron chi connectivity index (χ2n) is 7.45. The maximum Gasteiger partial charge on any atom is 0.246 e. The number of carbonyl (C=O) groups is 1. The van der Waals surface area contributed by atoms with Gasteiger partial charge in [0.15, 0.2) is 5.13 Å². The number of ether oxygens (including phenoxy) is 1. The first-order valence-corrected chi connectivity index (χ1v) is 10.5. The zero-order valence-corrected chi connectivity index (χ0v) is 17.7. The van der Waals surface area contributed by atoms with Crippen LogP contribution in [0.2, 0.25) is 0 Å². The summed E-state index contributed by atoms with van der Waals surface area (Å²) in [4.78, 5) is 23.9. The lowest BCUT2D eigenvalue weighted by Crippen LogP contribution is -2.53. The molecule has 0 saturated carbocycles. The maximum absolute atomic E-state index is 11.9. The van der Waals surface area contributed by atoms with Crippen molar-refractivity contribution < 1.29 is 9.53 Å². The van der Waals surface area contributed by atoms with Crippen molar-refractivity contribution >= 4 is 39.1 Å². The van der Waals surface area contributed by atoms with Crippen molar-refractivity contribution in [2.45, 2.75) is 39.3 Å². The van der Waals surface area contributed by atoms with Gasteiger partial charge in [-0.3, -0.25) is 4.79 Å². The van der Waals surface area contributed by atoms with Crippen LogP contribution in [0, 0.1) is 6.92 Å². The van der Waals surface area contributed by atoms with E-state index in [9.17, 15) is 4.79 Å². The summed E-state index contributed by atoms with van der Waals surface area (Å²) in [6.07, 6.45) is 6.16. The van der Waals surface area contributed by atoms with Gasteiger partial charge < -0.3 is 19.5 Å². The minimum atomic E-state index is -0.0523. The van der Waals surface area contributed by atoms with Crippen molar-refractivity contribution in [3.63, 3.8) is 0 Å². The first kappa shape index (κ1) is 19.4. The SMILES string of the molecule is C=CC(=O)N1CC[C@@H]1COc1nc(Nc2ncc(C)s2)cc2c1ccn2C(C)C. The summed E-state index contributed by atoms with van der Waals surface area (Å²) in [6, 6.07) is 4.42. The smallest absolute Gasteiger partial charge is 0.246 e. The highest BCUT2D eigenvalue weighted by molar-refractivity contribution is 7.15. The fourth-order valence-corrected chi connectivity index (χ4v) is 4.14. The molecule has 1 N–H and O–H groups in total. The van der Waals surface area contributed by atoms with E-state index in [0.29, 0.717) is 24.3 Å². The molecule has 8 heteroatoms. The van der Waals surface area contributed by atoms with Crippen LogP contribution in [-0.4, -0.2) is 44.5 Å². The fourth-order valence-electron chi connectivity index (χ4n) is 3.47. The molecule has 1 fully saturated rings. The molecule has 3 aromatic heterocycles. The largest absolute Gasteiger partial charge is 0.475 e. The topological polar surface area (TPSA) is 72.3 Å². The van der Waals surface area contributed by atoms with E-state index in [1.807, 2.05) is 25.3 Å². The number of nitrogens with zero attached hydrogens (tertiary/aromatic N) is 4. The number of amides is 1. The fraction of sp³-hybridized carbons (Fsp3) is 0.381. The van der Waals surface area contributed by atoms with Gasteiger partial charge in [0.2, 0.25) is 11.8 Å². The Balaban J connectivity index is 1.62. The molecule has 0 aliphatic carbocycles. The predicted molar refractivity (Wildman–Crippen MR) is 116 cm³/mol. The molecule has 7 nitrogen and oxygen atoms in total. The van der Waals surface area contributed by atoms with Crippen molar-refractivity contribution in [2.24, 2.45) is 0 Å². The normalized spacial score (nSPS) is 16.1. The Labute approximate surface area is 174 Å². The lowest BCUT2D eigenvalue weighted by atomic mass is 10.0. The van der Waals surface area contributed by atoms with Crippen LogP contribution in [0.5, 0.6) is 5.88 Å². The predicted octanol–water partition coefficient (Wildman–Crippen LogP) is 4.29. The quantitative estimate of drug-likeness (QED) is 0.587. The van der Waals surface area contributed by atoms with E-state index in [2.05, 4.69) is 41.5 Å². The minimum Gasteiger partial charge on any atom is -0.475 e. The molecule has 1 saturated heterocycles. The Kier molecular flexibility index (Phi) is 5.27. The molecule has 4 heterocycles. The number of aryl methyl sites for hydroxylation is 1. The summed E-state index contributed by atoms with van der Waals surface area (Å²) < 4.78 is 8.31. The van der Waals surface area contributed by atoms with E-state index in [-0.39, 0.29) is 11.9 Å². The van der Waals surface area contributed by atoms with Gasteiger partial charge in [0.25, 0.3) is 0 Å². The van der Waals surface area contributed by atoms with Gasteiger partial charge in [-0.2, -0.15) is 4.98 Å². The van der Waals surface area contributed by atoms with Gasteiger partial charge >= 0.3 is 0 Å². The number of pyridine rings is 1. The number of rotatable bonds is 7. The number of hydrogen-bond acceptors (Lipinski definition) is 6. The highest BCUT2D eigenvalue weighted by Crippen LogP contribution is 2.32. The second kappa shape index (κ2) is 7.87. The summed E-state index contributed by atoms with van der Waals surface area (Å²) >= 11 is 1.58. The minimum absolute atomic E-state index is 0.0523. The third-order valence-corrected chi connectivity index (χ3v) is 5.94. The Morgan fingerprint density at radius 1 is 1.52 bits per heavy atom. The molecule has 1 amide bonds. The molecule has 1 aliphatic rings. The maximum atomic E-state index is 11.9. The molecule has 1 aliphatic heterocycles. The van der Waals surface area contributed by atoms with Gasteiger partial charge in [0.1, 0.15) is 12.4 Å². The third-order valence-electron chi connectivity index (χ3n) is 5.11. The van der Waals surface area contributed by atoms with Crippen molar-refractivity contribution in [3.8, 4) is 5.88 Å². The molecule has 4 rings (SSSR count). The summed E-state index contributed by atoms with van der Waals surface area (Å²) in [5.74, 6) is 1.20. The van der Waals surface area contributed by atoms with Crippen LogP contribution in [0.1, 0.15) is 31.2 Å². The van der Waals surface area contributed by atoms with E-state index >= 15 is 0 Å². The molecular weight excluding hydrogens is 386 g/mol. The van der Waals surface area contributed by atoms with Crippen LogP contribution in [0.3, 0.4) is 0 Å². The van der Waals surface area contributed by atoms with Gasteiger partial charge in [-0.05, 0) is 39.3 Å². The average Bonchev–Trinajstić information content (AvgIpc) is 3.26. The Morgan fingerprint density at radius 2 is 2.34 bits per heavy atom. The first-order chi connectivity index (χ1) is 14.0. The van der Waals surface area contributed by atoms with Gasteiger partial charge in [-0.1, -0.05) is 6.58 Å². The van der Waals surface area contributed by atoms with Crippen LogP contribution >= 0.6 is 11.3 Å². The summed E-state index contributed by atoms with van der Waals surface area (Å²) in [6.45, 7) is 11.0. The van der Waals surface area contributed by atoms with E-state index in [1.54, 1.807) is 16.2 Å². The molecule has 0 bridgehead atoms. The lowest BCUT2D eigenvalue weighted by molar-refractivity contribution is -0.134. The third kappa shape index (κ3) is 3.85. The molecule has 152 valence electrons. The van der Waals surface area contributed by atoms with Crippen molar-refractivity contribution in [2.75, 3.05) is 18.5 Å². The number of nitrogens with one attached hydrogen (secondary N) is 1. The second-order valence-corrected chi connectivity index (χ2v) is 8.69. The van der Waals surface area contributed by atoms with Crippen LogP contribution < -0.4 is 10.1 Å². The molecule has 1 atom stereocenters. The van der Waals surface area contributed by atoms with E-state index in [0.717, 1.165) is 33.9 Å². The van der Waals surface area contributed by atoms with Gasteiger partial charge in [-0.25, -0.2) is 4.98 Å². The molecule has 3 aromatic rings. The molecule has 0 radical (unpaired) electrons. The number of hydrogen-bond donors (Lipinski definition) is 1. The van der Waals surface area contributed by atoms with Gasteiger partial charge in [-0.15, -0.1) is 11.3 Å². The number of likely N-dealkylation sites (tertiary alicyclic amines) is 1. The number of aromatic nitrogens is 3. The van der Waals surface area contributed by atoms with E-state index < -0.39 is 0 Å². The number of thiazole rings is 1. The lowest BCUT2D eigenvalue weighted by Gasteiger charge is -2.39. The molecule has 29 heavy (non-hydrogen) atoms. The Morgan fingerprint density at radius 3 is 2.97 bits per heavy atom. The van der Waals surface area contributed by atoms with Crippen molar-refractivity contribution in [3.05, 3.63) is 42.1 Å². The molecule has 0 aromatic carbocycles. The zero-order valence-electron chi connectivity index (χ0n) is 16.9. The van der Waals surface area contributed by atoms with Crippen molar-refractivity contribution in [1.82, 2.24) is 19.4 Å². The first-order valence-electron chi connectivity index (χ1n) is 9.73. The number of carbonyl (C=O) groups excluding carboxylic acids is 1. The highest BCUT2D eigenvalue weighted by atomic mass is 32.1. The molecule has 0 spiro atoms. The zero-order chi connectivity index (χ0) is 20.5. The van der Waals surface area contributed by atoms with Gasteiger partial charge in [0.05, 0.1) is 16.9 Å². The van der Waals surface area contributed by atoms with Gasteiger partial charge in [0, 0.05) is 35.9 Å². The Hall–Kier alpha value is -2.87. The van der Waals surface area contributed by atoms with Crippen LogP contribution in [0.25, 0.3) is 10.9 Å². The van der Waals surface area contributed by atoms with Crippen LogP contribution in [0.15, 0.2) is 37.2 Å². The summed E-state index contributed by atoms with van der Waals surface area (Å²) in [5, 5.41) is 5.04. The highest BCUT2D eigenvalue weighted by Gasteiger charge is 2.31. The summed E-state index contributed by atoms with van der Waals surface area (Å²) in [7, 11) is 0. The number of fused-ring (bicyclic) bond motifs is 1. The average molecular weight is 412 g/mol. The number of anilines is 2. The molecular formula is C21H25N5O2S. The molecule has 0 unspecified atom stereocenters. The standard InChI is InChI=1S/C21H25N5O2S/c1-5-19(27)26-8-6-15(26)12-28-20-16-7-9-25(13(2)3)17(16)10-18(23-20)24-21-22-11-14(4)29-21/h5,7,9-11,13,15H,1,6,8,12H2,2-4H3,(H,22,23,24)/t15-/m1/s1. The van der Waals surface area contributed by atoms with E-state index in [1.165, 1.54) is 6.08 Å². The van der Waals surface area contributed by atoms with Crippen LogP contribution in [-0.2, 0) is 4.79 Å². The summed E-state index contributed by atoms with van der Waals surface area (Å²) in [5.41, 5.74) is 1.05. The monoisotopic (exact) mass is 411 g/mol. The van der Waals surface area contributed by atoms with E-state index in [4.69, 9.17) is 9.72 Å². The van der Waals surface area contributed by atoms with Crippen LogP contribution in [0.4, 0.5) is 10.9 Å².